The highest BCUT2D eigenvalue weighted by atomic mass is 32.2. The third-order valence-corrected chi connectivity index (χ3v) is 6.07. The lowest BCUT2D eigenvalue weighted by atomic mass is 10.3. The lowest BCUT2D eigenvalue weighted by Gasteiger charge is -2.14. The Kier molecular flexibility index (Phi) is 4.42. The summed E-state index contributed by atoms with van der Waals surface area (Å²) in [5, 5.41) is 5.21. The van der Waals surface area contributed by atoms with Crippen molar-refractivity contribution in [2.75, 3.05) is 15.4 Å². The van der Waals surface area contributed by atoms with Gasteiger partial charge in [-0.25, -0.2) is 8.42 Å². The van der Waals surface area contributed by atoms with Crippen molar-refractivity contribution in [3.8, 4) is 0 Å². The maximum absolute atomic E-state index is 12.5. The third kappa shape index (κ3) is 3.68. The van der Waals surface area contributed by atoms with E-state index in [0.717, 1.165) is 12.4 Å². The van der Waals surface area contributed by atoms with E-state index in [-0.39, 0.29) is 27.1 Å². The molecular weight excluding hydrogens is 380 g/mol. The number of rotatable bonds is 4. The smallest absolute Gasteiger partial charge is 0.285 e. The zero-order chi connectivity index (χ0) is 18.9. The summed E-state index contributed by atoms with van der Waals surface area (Å²) in [5.74, 6) is -0.245. The Morgan fingerprint density at radius 1 is 1.08 bits per heavy atom. The van der Waals surface area contributed by atoms with Gasteiger partial charge in [0.25, 0.3) is 20.0 Å². The van der Waals surface area contributed by atoms with E-state index < -0.39 is 20.0 Å². The highest BCUT2D eigenvalue weighted by Gasteiger charge is 2.24. The maximum atomic E-state index is 12.5. The zero-order valence-corrected chi connectivity index (χ0v) is 15.1. The van der Waals surface area contributed by atoms with Crippen molar-refractivity contribution in [3.05, 3.63) is 42.5 Å². The van der Waals surface area contributed by atoms with Crippen LogP contribution in [0.2, 0.25) is 0 Å². The minimum Gasteiger partial charge on any atom is -0.345 e. The molecule has 0 atom stereocenters. The predicted octanol–water partition coefficient (Wildman–Crippen LogP) is 1.59. The van der Waals surface area contributed by atoms with Gasteiger partial charge in [0.15, 0.2) is 0 Å². The first-order chi connectivity index (χ1) is 12.2. The van der Waals surface area contributed by atoms with Crippen molar-refractivity contribution in [1.82, 2.24) is 0 Å². The number of nitrogens with zero attached hydrogens (tertiary/aromatic N) is 1. The summed E-state index contributed by atoms with van der Waals surface area (Å²) in [6, 6.07) is 9.71. The molecule has 0 aliphatic carbocycles. The summed E-state index contributed by atoms with van der Waals surface area (Å²) in [4.78, 5) is 10.6. The van der Waals surface area contributed by atoms with E-state index >= 15 is 0 Å². The molecule has 0 unspecified atom stereocenters. The van der Waals surface area contributed by atoms with E-state index in [1.807, 2.05) is 0 Å². The van der Waals surface area contributed by atoms with Crippen LogP contribution in [-0.2, 0) is 24.8 Å². The highest BCUT2D eigenvalue weighted by Crippen LogP contribution is 2.29. The normalized spacial score (nSPS) is 14.8. The summed E-state index contributed by atoms with van der Waals surface area (Å²) in [5.41, 5.74) is 1.03. The molecule has 1 amide bonds. The monoisotopic (exact) mass is 394 g/mol. The molecule has 1 heterocycles. The number of amides is 1. The van der Waals surface area contributed by atoms with Gasteiger partial charge >= 0.3 is 0 Å². The second-order valence-electron chi connectivity index (χ2n) is 5.38. The van der Waals surface area contributed by atoms with Gasteiger partial charge < -0.3 is 10.6 Å². The topological polar surface area (TPSA) is 134 Å². The summed E-state index contributed by atoms with van der Waals surface area (Å²) in [6.45, 7) is 1.36. The first-order valence-corrected chi connectivity index (χ1v) is 10.2. The van der Waals surface area contributed by atoms with Crippen molar-refractivity contribution in [2.24, 2.45) is 4.40 Å². The van der Waals surface area contributed by atoms with Crippen molar-refractivity contribution in [2.45, 2.75) is 16.7 Å². The number of hydrogen-bond donors (Lipinski definition) is 3. The van der Waals surface area contributed by atoms with Gasteiger partial charge in [-0.05, 0) is 42.5 Å². The fourth-order valence-electron chi connectivity index (χ4n) is 2.26. The van der Waals surface area contributed by atoms with Crippen LogP contribution < -0.4 is 15.4 Å². The molecule has 11 heteroatoms. The molecule has 2 aromatic carbocycles. The SMILES string of the molecule is CC(=O)Nc1ccc(NS(=O)(=O)c2ccc3c(c2)S(=O)(=O)N=CN3)cc1. The lowest BCUT2D eigenvalue weighted by molar-refractivity contribution is -0.114. The standard InChI is InChI=1S/C15H14N4O5S2/c1-10(20)18-11-2-4-12(5-3-11)19-25(21,22)13-6-7-14-15(8-13)26(23,24)17-9-16-14/h2-9,19H,1H3,(H,16,17)(H,18,20). The highest BCUT2D eigenvalue weighted by molar-refractivity contribution is 7.93. The second-order valence-corrected chi connectivity index (χ2v) is 8.66. The quantitative estimate of drug-likeness (QED) is 0.721. The fourth-order valence-corrected chi connectivity index (χ4v) is 4.41. The number of carbonyl (C=O) groups excluding carboxylic acids is 1. The van der Waals surface area contributed by atoms with E-state index in [4.69, 9.17) is 0 Å². The maximum Gasteiger partial charge on any atom is 0.285 e. The molecule has 9 nitrogen and oxygen atoms in total. The number of nitrogens with one attached hydrogen (secondary N) is 3. The molecular formula is C15H14N4O5S2. The van der Waals surface area contributed by atoms with Gasteiger partial charge in [-0.3, -0.25) is 9.52 Å². The van der Waals surface area contributed by atoms with Crippen molar-refractivity contribution < 1.29 is 21.6 Å². The zero-order valence-electron chi connectivity index (χ0n) is 13.4. The summed E-state index contributed by atoms with van der Waals surface area (Å²) >= 11 is 0. The Labute approximate surface area is 150 Å². The van der Waals surface area contributed by atoms with Gasteiger partial charge in [-0.2, -0.15) is 8.42 Å². The predicted molar refractivity (Wildman–Crippen MR) is 97.3 cm³/mol. The molecule has 0 saturated carbocycles. The van der Waals surface area contributed by atoms with E-state index in [2.05, 4.69) is 19.8 Å². The van der Waals surface area contributed by atoms with E-state index in [9.17, 15) is 21.6 Å². The number of fused-ring (bicyclic) bond motifs is 1. The molecule has 0 radical (unpaired) electrons. The molecule has 0 spiro atoms. The number of hydrogen-bond acceptors (Lipinski definition) is 6. The Balaban J connectivity index is 1.89. The fraction of sp³-hybridized carbons (Fsp3) is 0.0667. The molecule has 26 heavy (non-hydrogen) atoms. The number of carbonyl (C=O) groups is 1. The molecule has 0 bridgehead atoms. The van der Waals surface area contributed by atoms with Crippen LogP contribution in [-0.4, -0.2) is 29.1 Å². The average molecular weight is 394 g/mol. The Hall–Kier alpha value is -2.92. The number of sulfonamides is 2. The van der Waals surface area contributed by atoms with Crippen molar-refractivity contribution in [1.29, 1.82) is 0 Å². The molecule has 0 aromatic heterocycles. The second kappa shape index (κ2) is 6.42. The van der Waals surface area contributed by atoms with Crippen LogP contribution in [0.4, 0.5) is 17.1 Å². The third-order valence-electron chi connectivity index (χ3n) is 3.41. The van der Waals surface area contributed by atoms with Crippen LogP contribution in [0.15, 0.2) is 56.7 Å². The van der Waals surface area contributed by atoms with Gasteiger partial charge in [0.1, 0.15) is 11.2 Å². The average Bonchev–Trinajstić information content (AvgIpc) is 2.55. The summed E-state index contributed by atoms with van der Waals surface area (Å²) < 4.78 is 54.6. The lowest BCUT2D eigenvalue weighted by Crippen LogP contribution is -2.16. The minimum atomic E-state index is -4.01. The van der Waals surface area contributed by atoms with Gasteiger partial charge in [-0.1, -0.05) is 0 Å². The molecule has 1 aliphatic heterocycles. The van der Waals surface area contributed by atoms with Crippen LogP contribution in [0.3, 0.4) is 0 Å². The van der Waals surface area contributed by atoms with Crippen LogP contribution >= 0.6 is 0 Å². The largest absolute Gasteiger partial charge is 0.345 e. The van der Waals surface area contributed by atoms with Gasteiger partial charge in [-0.15, -0.1) is 4.40 Å². The van der Waals surface area contributed by atoms with Crippen LogP contribution in [0, 0.1) is 0 Å². The molecule has 0 fully saturated rings. The molecule has 3 N–H and O–H groups in total. The van der Waals surface area contributed by atoms with Gasteiger partial charge in [0.05, 0.1) is 10.6 Å². The van der Waals surface area contributed by atoms with Gasteiger partial charge in [0, 0.05) is 18.3 Å². The summed E-state index contributed by atoms with van der Waals surface area (Å²) in [6.07, 6.45) is 1.03. The Morgan fingerprint density at radius 3 is 2.38 bits per heavy atom. The first-order valence-electron chi connectivity index (χ1n) is 7.27. The first kappa shape index (κ1) is 17.9. The van der Waals surface area contributed by atoms with Crippen LogP contribution in [0.25, 0.3) is 0 Å². The van der Waals surface area contributed by atoms with Crippen LogP contribution in [0.1, 0.15) is 6.92 Å². The van der Waals surface area contributed by atoms with E-state index in [0.29, 0.717) is 5.69 Å². The van der Waals surface area contributed by atoms with Crippen molar-refractivity contribution in [3.63, 3.8) is 0 Å². The molecule has 2 aromatic rings. The van der Waals surface area contributed by atoms with E-state index in [1.165, 1.54) is 43.3 Å². The molecule has 0 saturated heterocycles. The Bertz CT molecular complexity index is 1110. The van der Waals surface area contributed by atoms with Gasteiger partial charge in [0.2, 0.25) is 5.91 Å². The Morgan fingerprint density at radius 2 is 1.73 bits per heavy atom. The molecule has 136 valence electrons. The number of benzene rings is 2. The van der Waals surface area contributed by atoms with Crippen molar-refractivity contribution >= 4 is 49.4 Å². The van der Waals surface area contributed by atoms with E-state index in [1.54, 1.807) is 0 Å². The minimum absolute atomic E-state index is 0.218. The summed E-state index contributed by atoms with van der Waals surface area (Å²) in [7, 11) is -7.95. The number of anilines is 3. The molecule has 1 aliphatic rings. The molecule has 3 rings (SSSR count). The van der Waals surface area contributed by atoms with Crippen LogP contribution in [0.5, 0.6) is 0 Å².